The summed E-state index contributed by atoms with van der Waals surface area (Å²) in [6, 6.07) is 11.3. The van der Waals surface area contributed by atoms with E-state index in [4.69, 9.17) is 0 Å². The van der Waals surface area contributed by atoms with Gasteiger partial charge in [-0.15, -0.1) is 11.8 Å². The number of thioether (sulfide) groups is 1. The van der Waals surface area contributed by atoms with Gasteiger partial charge in [-0.3, -0.25) is 4.79 Å². The highest BCUT2D eigenvalue weighted by atomic mass is 32.2. The molecule has 2 aromatic carbocycles. The number of ketones is 1. The molecule has 110 valence electrons. The second kappa shape index (κ2) is 6.30. The van der Waals surface area contributed by atoms with Gasteiger partial charge in [-0.25, -0.2) is 4.39 Å². The number of alkyl halides is 3. The van der Waals surface area contributed by atoms with Crippen LogP contribution in [-0.2, 0) is 6.18 Å². The van der Waals surface area contributed by atoms with E-state index in [9.17, 15) is 22.4 Å². The van der Waals surface area contributed by atoms with E-state index >= 15 is 0 Å². The third-order valence-corrected chi connectivity index (χ3v) is 3.72. The molecule has 2 aromatic rings. The smallest absolute Gasteiger partial charge is 0.293 e. The van der Waals surface area contributed by atoms with Crippen LogP contribution in [0.15, 0.2) is 53.4 Å². The lowest BCUT2D eigenvalue weighted by Gasteiger charge is -2.09. The minimum atomic E-state index is -4.81. The molecule has 0 atom stereocenters. The molecule has 0 fully saturated rings. The summed E-state index contributed by atoms with van der Waals surface area (Å²) in [6.07, 6.45) is -4.81. The van der Waals surface area contributed by atoms with Crippen LogP contribution in [0, 0.1) is 5.82 Å². The summed E-state index contributed by atoms with van der Waals surface area (Å²) in [5, 5.41) is 0. The zero-order valence-electron chi connectivity index (χ0n) is 10.7. The normalized spacial score (nSPS) is 11.4. The minimum absolute atomic E-state index is 0.00700. The monoisotopic (exact) mass is 314 g/mol. The molecule has 0 aromatic heterocycles. The molecule has 0 aliphatic heterocycles. The van der Waals surface area contributed by atoms with Gasteiger partial charge in [0.1, 0.15) is 5.82 Å². The standard InChI is InChI=1S/C15H10F4OS/c16-13-7-6-10(8-12(13)15(17,18)19)14(20)9-21-11-4-2-1-3-5-11/h1-8H,9H2. The van der Waals surface area contributed by atoms with Gasteiger partial charge in [0.05, 0.1) is 11.3 Å². The van der Waals surface area contributed by atoms with Crippen molar-refractivity contribution >= 4 is 17.5 Å². The lowest BCUT2D eigenvalue weighted by atomic mass is 10.1. The molecule has 0 unspecified atom stereocenters. The van der Waals surface area contributed by atoms with Crippen LogP contribution in [0.2, 0.25) is 0 Å². The lowest BCUT2D eigenvalue weighted by molar-refractivity contribution is -0.140. The van der Waals surface area contributed by atoms with Crippen LogP contribution in [0.4, 0.5) is 17.6 Å². The van der Waals surface area contributed by atoms with Gasteiger partial charge in [0.25, 0.3) is 0 Å². The number of hydrogen-bond acceptors (Lipinski definition) is 2. The first-order valence-electron chi connectivity index (χ1n) is 5.96. The Labute approximate surface area is 123 Å². The first-order chi connectivity index (χ1) is 9.88. The molecule has 1 nitrogen and oxygen atoms in total. The highest BCUT2D eigenvalue weighted by molar-refractivity contribution is 8.00. The van der Waals surface area contributed by atoms with Gasteiger partial charge in [-0.1, -0.05) is 18.2 Å². The van der Waals surface area contributed by atoms with Crippen LogP contribution >= 0.6 is 11.8 Å². The van der Waals surface area contributed by atoms with E-state index < -0.39 is 23.3 Å². The maximum absolute atomic E-state index is 13.1. The Bertz CT molecular complexity index is 638. The van der Waals surface area contributed by atoms with E-state index in [2.05, 4.69) is 0 Å². The Morgan fingerprint density at radius 1 is 1.05 bits per heavy atom. The van der Waals surface area contributed by atoms with Gasteiger partial charge in [0, 0.05) is 10.5 Å². The van der Waals surface area contributed by atoms with Crippen LogP contribution in [-0.4, -0.2) is 11.5 Å². The van der Waals surface area contributed by atoms with Gasteiger partial charge in [-0.2, -0.15) is 13.2 Å². The fourth-order valence-corrected chi connectivity index (χ4v) is 2.48. The Hall–Kier alpha value is -1.82. The number of Topliss-reactive ketones (excluding diaryl/α,β-unsaturated/α-hetero) is 1. The number of carbonyl (C=O) groups excluding carboxylic acids is 1. The van der Waals surface area contributed by atoms with Crippen molar-refractivity contribution in [3.05, 3.63) is 65.5 Å². The molecular formula is C15H10F4OS. The maximum Gasteiger partial charge on any atom is 0.419 e. The second-order valence-corrected chi connectivity index (χ2v) is 5.27. The van der Waals surface area contributed by atoms with Crippen molar-refractivity contribution in [2.45, 2.75) is 11.1 Å². The zero-order chi connectivity index (χ0) is 15.5. The number of carbonyl (C=O) groups is 1. The largest absolute Gasteiger partial charge is 0.419 e. The van der Waals surface area contributed by atoms with Crippen molar-refractivity contribution in [1.82, 2.24) is 0 Å². The first kappa shape index (κ1) is 15.6. The van der Waals surface area contributed by atoms with Gasteiger partial charge < -0.3 is 0 Å². The Morgan fingerprint density at radius 2 is 1.71 bits per heavy atom. The minimum Gasteiger partial charge on any atom is -0.293 e. The van der Waals surface area contributed by atoms with Crippen LogP contribution < -0.4 is 0 Å². The van der Waals surface area contributed by atoms with Crippen LogP contribution in [0.1, 0.15) is 15.9 Å². The number of halogens is 4. The third-order valence-electron chi connectivity index (χ3n) is 2.71. The van der Waals surface area contributed by atoms with E-state index in [1.807, 2.05) is 6.07 Å². The topological polar surface area (TPSA) is 17.1 Å². The van der Waals surface area contributed by atoms with Crippen molar-refractivity contribution in [3.8, 4) is 0 Å². The van der Waals surface area contributed by atoms with E-state index in [1.54, 1.807) is 24.3 Å². The highest BCUT2D eigenvalue weighted by Crippen LogP contribution is 2.32. The number of rotatable bonds is 4. The fourth-order valence-electron chi connectivity index (χ4n) is 1.66. The average molecular weight is 314 g/mol. The molecule has 0 heterocycles. The second-order valence-electron chi connectivity index (χ2n) is 4.22. The molecule has 6 heteroatoms. The van der Waals surface area contributed by atoms with Gasteiger partial charge in [0.2, 0.25) is 0 Å². The molecule has 0 aliphatic rings. The maximum atomic E-state index is 13.1. The quantitative estimate of drug-likeness (QED) is 0.457. The van der Waals surface area contributed by atoms with E-state index in [1.165, 1.54) is 11.8 Å². The summed E-state index contributed by atoms with van der Waals surface area (Å²) < 4.78 is 50.9. The van der Waals surface area contributed by atoms with Crippen molar-refractivity contribution in [2.24, 2.45) is 0 Å². The predicted octanol–water partition coefficient (Wildman–Crippen LogP) is 4.82. The van der Waals surface area contributed by atoms with Crippen LogP contribution in [0.5, 0.6) is 0 Å². The third kappa shape index (κ3) is 4.07. The SMILES string of the molecule is O=C(CSc1ccccc1)c1ccc(F)c(C(F)(F)F)c1. The molecular weight excluding hydrogens is 304 g/mol. The molecule has 2 rings (SSSR count). The molecule has 0 saturated heterocycles. The molecule has 0 bridgehead atoms. The fraction of sp³-hybridized carbons (Fsp3) is 0.133. The van der Waals surface area contributed by atoms with Crippen molar-refractivity contribution in [3.63, 3.8) is 0 Å². The summed E-state index contributed by atoms with van der Waals surface area (Å²) in [5.41, 5.74) is -1.56. The Balaban J connectivity index is 2.13. The van der Waals surface area contributed by atoms with Crippen molar-refractivity contribution < 1.29 is 22.4 Å². The Morgan fingerprint density at radius 3 is 2.33 bits per heavy atom. The Kier molecular flexibility index (Phi) is 4.67. The van der Waals surface area contributed by atoms with E-state index in [-0.39, 0.29) is 11.3 Å². The summed E-state index contributed by atoms with van der Waals surface area (Å²) in [4.78, 5) is 12.7. The highest BCUT2D eigenvalue weighted by Gasteiger charge is 2.34. The van der Waals surface area contributed by atoms with Gasteiger partial charge in [-0.05, 0) is 30.3 Å². The summed E-state index contributed by atoms with van der Waals surface area (Å²) in [6.45, 7) is 0. The van der Waals surface area contributed by atoms with Crippen LogP contribution in [0.25, 0.3) is 0 Å². The summed E-state index contributed by atoms with van der Waals surface area (Å²) in [7, 11) is 0. The zero-order valence-corrected chi connectivity index (χ0v) is 11.5. The van der Waals surface area contributed by atoms with Crippen LogP contribution in [0.3, 0.4) is 0 Å². The molecule has 0 saturated carbocycles. The van der Waals surface area contributed by atoms with Gasteiger partial charge in [0.15, 0.2) is 5.78 Å². The molecule has 0 aliphatic carbocycles. The molecule has 0 radical (unpaired) electrons. The van der Waals surface area contributed by atoms with E-state index in [0.717, 1.165) is 11.0 Å². The van der Waals surface area contributed by atoms with Gasteiger partial charge >= 0.3 is 6.18 Å². The first-order valence-corrected chi connectivity index (χ1v) is 6.94. The molecule has 21 heavy (non-hydrogen) atoms. The predicted molar refractivity (Wildman–Crippen MR) is 72.9 cm³/mol. The number of hydrogen-bond donors (Lipinski definition) is 0. The van der Waals surface area contributed by atoms with E-state index in [0.29, 0.717) is 12.1 Å². The van der Waals surface area contributed by atoms with Crippen molar-refractivity contribution in [1.29, 1.82) is 0 Å². The lowest BCUT2D eigenvalue weighted by Crippen LogP contribution is -2.11. The molecule has 0 spiro atoms. The molecule has 0 amide bonds. The van der Waals surface area contributed by atoms with Crippen molar-refractivity contribution in [2.75, 3.05) is 5.75 Å². The summed E-state index contributed by atoms with van der Waals surface area (Å²) >= 11 is 1.22. The average Bonchev–Trinajstić information content (AvgIpc) is 2.45. The molecule has 0 N–H and O–H groups in total. The summed E-state index contributed by atoms with van der Waals surface area (Å²) in [5.74, 6) is -1.86. The number of benzene rings is 2.